The molecule has 4 nitrogen and oxygen atoms in total. The Morgan fingerprint density at radius 2 is 2.08 bits per heavy atom. The number of carbonyl (C=O) groups is 2. The number of thiocarbonyl (C=S) groups is 1. The molecule has 2 amide bonds. The third-order valence-electron chi connectivity index (χ3n) is 4.94. The molecule has 0 saturated carbocycles. The van der Waals surface area contributed by atoms with Gasteiger partial charge in [0.2, 0.25) is 11.8 Å². The molecular weight excluding hydrogens is 352 g/mol. The van der Waals surface area contributed by atoms with Gasteiger partial charge in [-0.15, -0.1) is 11.8 Å². The lowest BCUT2D eigenvalue weighted by atomic mass is 9.94. The highest BCUT2D eigenvalue weighted by atomic mass is 32.2. The highest BCUT2D eigenvalue weighted by Gasteiger charge is 2.60. The average Bonchev–Trinajstić information content (AvgIpc) is 2.89. The zero-order valence-corrected chi connectivity index (χ0v) is 15.6. The number of hydrogen-bond acceptors (Lipinski definition) is 4. The van der Waals surface area contributed by atoms with Gasteiger partial charge >= 0.3 is 0 Å². The van der Waals surface area contributed by atoms with Gasteiger partial charge in [-0.3, -0.25) is 14.5 Å². The van der Waals surface area contributed by atoms with Gasteiger partial charge in [-0.2, -0.15) is 0 Å². The van der Waals surface area contributed by atoms with E-state index < -0.39 is 4.87 Å². The fraction of sp³-hybridized carbons (Fsp3) is 0.316. The number of fused-ring (bicyclic) bond motifs is 4. The molecule has 128 valence electrons. The van der Waals surface area contributed by atoms with Crippen molar-refractivity contribution in [2.75, 3.05) is 0 Å². The second-order valence-corrected chi connectivity index (χ2v) is 8.26. The molecule has 0 bridgehead atoms. The second-order valence-electron chi connectivity index (χ2n) is 6.31. The first kappa shape index (κ1) is 16.5. The maximum atomic E-state index is 12.9. The normalized spacial score (nSPS) is 30.0. The highest BCUT2D eigenvalue weighted by Crippen LogP contribution is 2.56. The summed E-state index contributed by atoms with van der Waals surface area (Å²) in [5, 5.41) is -0.270. The molecule has 0 N–H and O–H groups in total. The van der Waals surface area contributed by atoms with E-state index in [1.807, 2.05) is 62.5 Å². The van der Waals surface area contributed by atoms with Gasteiger partial charge in [0.25, 0.3) is 0 Å². The average molecular weight is 370 g/mol. The lowest BCUT2D eigenvalue weighted by molar-refractivity contribution is -0.136. The summed E-state index contributed by atoms with van der Waals surface area (Å²) in [5.41, 5.74) is 1.93. The predicted molar refractivity (Wildman–Crippen MR) is 103 cm³/mol. The lowest BCUT2D eigenvalue weighted by Gasteiger charge is -2.51. The Hall–Kier alpha value is -1.92. The highest BCUT2D eigenvalue weighted by molar-refractivity contribution is 8.01. The molecule has 1 spiro atoms. The molecule has 1 aromatic rings. The predicted octanol–water partition coefficient (Wildman–Crippen LogP) is 3.18. The monoisotopic (exact) mass is 370 g/mol. The SMILES string of the molecule is CCC(=O)N1C(=S)c2ccccc2[C@@]12S[C@H](C)C(=O)N1C=CC=C[C@@H]12. The zero-order valence-electron chi connectivity index (χ0n) is 14.0. The van der Waals surface area contributed by atoms with E-state index in [1.54, 1.807) is 9.80 Å². The van der Waals surface area contributed by atoms with Crippen molar-refractivity contribution in [2.24, 2.45) is 0 Å². The first-order valence-electron chi connectivity index (χ1n) is 8.34. The van der Waals surface area contributed by atoms with Crippen molar-refractivity contribution in [1.29, 1.82) is 0 Å². The largest absolute Gasteiger partial charge is 0.308 e. The van der Waals surface area contributed by atoms with Crippen molar-refractivity contribution in [3.8, 4) is 0 Å². The summed E-state index contributed by atoms with van der Waals surface area (Å²) >= 11 is 7.23. The van der Waals surface area contributed by atoms with Crippen molar-refractivity contribution in [1.82, 2.24) is 9.80 Å². The molecule has 1 saturated heterocycles. The third-order valence-corrected chi connectivity index (χ3v) is 6.90. The number of benzene rings is 1. The van der Waals surface area contributed by atoms with Crippen molar-refractivity contribution in [3.63, 3.8) is 0 Å². The van der Waals surface area contributed by atoms with Crippen molar-refractivity contribution in [3.05, 3.63) is 59.8 Å². The molecule has 0 unspecified atom stereocenters. The van der Waals surface area contributed by atoms with Crippen LogP contribution in [-0.2, 0) is 14.5 Å². The van der Waals surface area contributed by atoms with E-state index in [9.17, 15) is 9.59 Å². The van der Waals surface area contributed by atoms with Crippen LogP contribution in [0.15, 0.2) is 48.7 Å². The molecule has 4 rings (SSSR count). The number of allylic oxidation sites excluding steroid dienone is 2. The topological polar surface area (TPSA) is 40.6 Å². The van der Waals surface area contributed by atoms with Crippen molar-refractivity contribution >= 4 is 40.8 Å². The molecule has 3 atom stereocenters. The van der Waals surface area contributed by atoms with Crippen LogP contribution in [0, 0.1) is 0 Å². The van der Waals surface area contributed by atoms with Crippen molar-refractivity contribution < 1.29 is 9.59 Å². The summed E-state index contributed by atoms with van der Waals surface area (Å²) in [6.07, 6.45) is 7.97. The van der Waals surface area contributed by atoms with Gasteiger partial charge < -0.3 is 4.90 Å². The van der Waals surface area contributed by atoms with E-state index in [4.69, 9.17) is 12.2 Å². The molecule has 3 heterocycles. The first-order valence-corrected chi connectivity index (χ1v) is 9.63. The van der Waals surface area contributed by atoms with Crippen LogP contribution in [0.4, 0.5) is 0 Å². The maximum Gasteiger partial charge on any atom is 0.240 e. The van der Waals surface area contributed by atoms with Crippen LogP contribution >= 0.6 is 24.0 Å². The summed E-state index contributed by atoms with van der Waals surface area (Å²) in [5.74, 6) is 0.0403. The number of rotatable bonds is 1. The number of thioether (sulfide) groups is 1. The quantitative estimate of drug-likeness (QED) is 0.712. The number of carbonyl (C=O) groups excluding carboxylic acids is 2. The fourth-order valence-corrected chi connectivity index (χ4v) is 6.04. The lowest BCUT2D eigenvalue weighted by Crippen LogP contribution is -2.62. The molecular formula is C19H18N2O2S2. The van der Waals surface area contributed by atoms with Crippen LogP contribution < -0.4 is 0 Å². The van der Waals surface area contributed by atoms with Gasteiger partial charge in [-0.25, -0.2) is 0 Å². The standard InChI is InChI=1S/C19H18N2O2S2/c1-3-16(22)21-18(24)13-8-4-5-9-14(13)19(21)15-10-6-7-11-20(15)17(23)12(2)25-19/h4-12,15H,3H2,1-2H3/t12-,15-,19+/m1/s1. The van der Waals surface area contributed by atoms with Gasteiger partial charge in [0.1, 0.15) is 9.86 Å². The Labute approximate surface area is 156 Å². The Kier molecular flexibility index (Phi) is 3.85. The van der Waals surface area contributed by atoms with E-state index in [2.05, 4.69) is 0 Å². The summed E-state index contributed by atoms with van der Waals surface area (Å²) < 4.78 is 0. The van der Waals surface area contributed by atoms with Gasteiger partial charge in [0, 0.05) is 23.7 Å². The van der Waals surface area contributed by atoms with E-state index in [1.165, 1.54) is 11.8 Å². The molecule has 25 heavy (non-hydrogen) atoms. The van der Waals surface area contributed by atoms with E-state index in [-0.39, 0.29) is 23.1 Å². The zero-order chi connectivity index (χ0) is 17.8. The number of hydrogen-bond donors (Lipinski definition) is 0. The Bertz CT molecular complexity index is 848. The summed E-state index contributed by atoms with van der Waals surface area (Å²) in [6.45, 7) is 3.74. The van der Waals surface area contributed by atoms with E-state index in [0.29, 0.717) is 11.4 Å². The summed E-state index contributed by atoms with van der Waals surface area (Å²) in [7, 11) is 0. The van der Waals surface area contributed by atoms with Gasteiger partial charge in [0.05, 0.1) is 11.3 Å². The Morgan fingerprint density at radius 3 is 2.84 bits per heavy atom. The van der Waals surface area contributed by atoms with Gasteiger partial charge in [-0.05, 0) is 13.0 Å². The molecule has 0 radical (unpaired) electrons. The van der Waals surface area contributed by atoms with Crippen LogP contribution in [0.1, 0.15) is 31.4 Å². The van der Waals surface area contributed by atoms with Crippen LogP contribution in [0.5, 0.6) is 0 Å². The van der Waals surface area contributed by atoms with Gasteiger partial charge in [-0.1, -0.05) is 55.6 Å². The number of amides is 2. The Morgan fingerprint density at radius 1 is 1.32 bits per heavy atom. The van der Waals surface area contributed by atoms with Crippen LogP contribution in [-0.4, -0.2) is 37.9 Å². The fourth-order valence-electron chi connectivity index (χ4n) is 3.86. The molecule has 6 heteroatoms. The smallest absolute Gasteiger partial charge is 0.240 e. The summed E-state index contributed by atoms with van der Waals surface area (Å²) in [4.78, 5) is 29.0. The minimum Gasteiger partial charge on any atom is -0.308 e. The van der Waals surface area contributed by atoms with Crippen LogP contribution in [0.2, 0.25) is 0 Å². The third kappa shape index (κ3) is 2.10. The summed E-state index contributed by atoms with van der Waals surface area (Å²) in [6, 6.07) is 7.64. The molecule has 0 aliphatic carbocycles. The molecule has 1 fully saturated rings. The minimum atomic E-state index is -0.713. The molecule has 0 aromatic heterocycles. The molecule has 3 aliphatic rings. The minimum absolute atomic E-state index is 0.0156. The van der Waals surface area contributed by atoms with E-state index >= 15 is 0 Å². The van der Waals surface area contributed by atoms with Crippen LogP contribution in [0.3, 0.4) is 0 Å². The van der Waals surface area contributed by atoms with Crippen LogP contribution in [0.25, 0.3) is 0 Å². The van der Waals surface area contributed by atoms with E-state index in [0.717, 1.165) is 11.1 Å². The Balaban J connectivity index is 1.99. The second kappa shape index (κ2) is 5.81. The number of nitrogens with zero attached hydrogens (tertiary/aromatic N) is 2. The van der Waals surface area contributed by atoms with Crippen molar-refractivity contribution in [2.45, 2.75) is 36.4 Å². The molecule has 3 aliphatic heterocycles. The molecule has 1 aromatic carbocycles. The van der Waals surface area contributed by atoms with Gasteiger partial charge in [0.15, 0.2) is 0 Å². The first-order chi connectivity index (χ1) is 12.0. The maximum absolute atomic E-state index is 12.9.